The SMILES string of the molecule is CCC(NCCC1CCCO1)c1cccc(F)c1. The third-order valence-electron chi connectivity index (χ3n) is 3.54. The molecule has 0 bridgehead atoms. The molecule has 0 amide bonds. The van der Waals surface area contributed by atoms with Crippen molar-refractivity contribution in [3.8, 4) is 0 Å². The van der Waals surface area contributed by atoms with Crippen molar-refractivity contribution in [2.75, 3.05) is 13.2 Å². The molecule has 1 aliphatic rings. The van der Waals surface area contributed by atoms with E-state index in [1.54, 1.807) is 12.1 Å². The average Bonchev–Trinajstić information content (AvgIpc) is 2.88. The van der Waals surface area contributed by atoms with Gasteiger partial charge in [0.15, 0.2) is 0 Å². The van der Waals surface area contributed by atoms with Gasteiger partial charge >= 0.3 is 0 Å². The van der Waals surface area contributed by atoms with Crippen molar-refractivity contribution in [2.24, 2.45) is 0 Å². The Hall–Kier alpha value is -0.930. The maximum atomic E-state index is 13.2. The summed E-state index contributed by atoms with van der Waals surface area (Å²) in [5.41, 5.74) is 1.03. The minimum absolute atomic E-state index is 0.160. The molecule has 2 unspecified atom stereocenters. The number of nitrogens with one attached hydrogen (secondary N) is 1. The Morgan fingerprint density at radius 2 is 2.39 bits per heavy atom. The molecule has 1 aromatic rings. The van der Waals surface area contributed by atoms with E-state index < -0.39 is 0 Å². The zero-order valence-electron chi connectivity index (χ0n) is 11.0. The van der Waals surface area contributed by atoms with Crippen LogP contribution in [0.15, 0.2) is 24.3 Å². The summed E-state index contributed by atoms with van der Waals surface area (Å²) in [6.07, 6.45) is 4.80. The lowest BCUT2D eigenvalue weighted by atomic mass is 10.0. The van der Waals surface area contributed by atoms with Crippen LogP contribution in [0.5, 0.6) is 0 Å². The first-order valence-corrected chi connectivity index (χ1v) is 6.90. The second kappa shape index (κ2) is 6.86. The number of benzene rings is 1. The average molecular weight is 251 g/mol. The number of halogens is 1. The van der Waals surface area contributed by atoms with E-state index in [0.29, 0.717) is 6.10 Å². The van der Waals surface area contributed by atoms with Crippen molar-refractivity contribution < 1.29 is 9.13 Å². The van der Waals surface area contributed by atoms with Crippen molar-refractivity contribution in [1.29, 1.82) is 0 Å². The molecule has 1 aromatic carbocycles. The van der Waals surface area contributed by atoms with Crippen LogP contribution in [-0.4, -0.2) is 19.3 Å². The predicted molar refractivity (Wildman–Crippen MR) is 71.0 cm³/mol. The van der Waals surface area contributed by atoms with Gasteiger partial charge in [-0.1, -0.05) is 19.1 Å². The van der Waals surface area contributed by atoms with Crippen LogP contribution in [0.4, 0.5) is 4.39 Å². The highest BCUT2D eigenvalue weighted by atomic mass is 19.1. The van der Waals surface area contributed by atoms with Gasteiger partial charge in [0.2, 0.25) is 0 Å². The topological polar surface area (TPSA) is 21.3 Å². The minimum Gasteiger partial charge on any atom is -0.378 e. The highest BCUT2D eigenvalue weighted by Gasteiger charge is 2.16. The summed E-state index contributed by atoms with van der Waals surface area (Å²) in [6.45, 7) is 3.96. The normalized spacial score (nSPS) is 21.1. The summed E-state index contributed by atoms with van der Waals surface area (Å²) in [4.78, 5) is 0. The van der Waals surface area contributed by atoms with Crippen molar-refractivity contribution >= 4 is 0 Å². The molecule has 2 atom stereocenters. The van der Waals surface area contributed by atoms with Gasteiger partial charge in [0, 0.05) is 12.6 Å². The van der Waals surface area contributed by atoms with Crippen LogP contribution in [0.1, 0.15) is 44.2 Å². The van der Waals surface area contributed by atoms with Crippen molar-refractivity contribution in [3.63, 3.8) is 0 Å². The Balaban J connectivity index is 1.81. The molecular weight excluding hydrogens is 229 g/mol. The summed E-state index contributed by atoms with van der Waals surface area (Å²) in [7, 11) is 0. The van der Waals surface area contributed by atoms with E-state index in [-0.39, 0.29) is 11.9 Å². The van der Waals surface area contributed by atoms with Gasteiger partial charge in [-0.25, -0.2) is 4.39 Å². The monoisotopic (exact) mass is 251 g/mol. The molecule has 2 rings (SSSR count). The van der Waals surface area contributed by atoms with Crippen molar-refractivity contribution in [1.82, 2.24) is 5.32 Å². The molecule has 0 spiro atoms. The molecular formula is C15H22FNO. The first-order chi connectivity index (χ1) is 8.79. The maximum absolute atomic E-state index is 13.2. The Kier molecular flexibility index (Phi) is 5.14. The van der Waals surface area contributed by atoms with Crippen LogP contribution in [0.3, 0.4) is 0 Å². The summed E-state index contributed by atoms with van der Waals surface area (Å²) in [6, 6.07) is 7.10. The molecule has 0 radical (unpaired) electrons. The summed E-state index contributed by atoms with van der Waals surface area (Å²) in [5, 5.41) is 3.49. The smallest absolute Gasteiger partial charge is 0.123 e. The predicted octanol–water partition coefficient (Wildman–Crippen LogP) is 3.44. The van der Waals surface area contributed by atoms with Gasteiger partial charge in [0.1, 0.15) is 5.82 Å². The molecule has 18 heavy (non-hydrogen) atoms. The second-order valence-electron chi connectivity index (χ2n) is 4.89. The first kappa shape index (κ1) is 13.5. The summed E-state index contributed by atoms with van der Waals surface area (Å²) < 4.78 is 18.8. The highest BCUT2D eigenvalue weighted by molar-refractivity contribution is 5.19. The fourth-order valence-corrected chi connectivity index (χ4v) is 2.51. The third kappa shape index (κ3) is 3.79. The van der Waals surface area contributed by atoms with E-state index >= 15 is 0 Å². The molecule has 3 heteroatoms. The number of ether oxygens (including phenoxy) is 1. The van der Waals surface area contributed by atoms with Gasteiger partial charge in [0.25, 0.3) is 0 Å². The summed E-state index contributed by atoms with van der Waals surface area (Å²) in [5.74, 6) is -0.160. The lowest BCUT2D eigenvalue weighted by Crippen LogP contribution is -2.25. The van der Waals surface area contributed by atoms with E-state index in [4.69, 9.17) is 4.74 Å². The zero-order chi connectivity index (χ0) is 12.8. The van der Waals surface area contributed by atoms with Crippen LogP contribution in [0.25, 0.3) is 0 Å². The van der Waals surface area contributed by atoms with Gasteiger partial charge < -0.3 is 10.1 Å². The Morgan fingerprint density at radius 3 is 3.06 bits per heavy atom. The van der Waals surface area contributed by atoms with E-state index in [9.17, 15) is 4.39 Å². The Labute approximate surface area is 109 Å². The molecule has 0 aliphatic carbocycles. The molecule has 1 aliphatic heterocycles. The third-order valence-corrected chi connectivity index (χ3v) is 3.54. The quantitative estimate of drug-likeness (QED) is 0.836. The maximum Gasteiger partial charge on any atom is 0.123 e. The van der Waals surface area contributed by atoms with Gasteiger partial charge in [-0.3, -0.25) is 0 Å². The molecule has 0 aromatic heterocycles. The van der Waals surface area contributed by atoms with Crippen LogP contribution in [0, 0.1) is 5.82 Å². The molecule has 2 nitrogen and oxygen atoms in total. The summed E-state index contributed by atoms with van der Waals surface area (Å²) >= 11 is 0. The van der Waals surface area contributed by atoms with Crippen molar-refractivity contribution in [2.45, 2.75) is 44.8 Å². The Bertz CT molecular complexity index is 363. The zero-order valence-corrected chi connectivity index (χ0v) is 11.0. The van der Waals surface area contributed by atoms with E-state index in [2.05, 4.69) is 12.2 Å². The molecule has 1 fully saturated rings. The molecule has 100 valence electrons. The fourth-order valence-electron chi connectivity index (χ4n) is 2.51. The van der Waals surface area contributed by atoms with Crippen LogP contribution in [-0.2, 0) is 4.74 Å². The number of hydrogen-bond acceptors (Lipinski definition) is 2. The van der Waals surface area contributed by atoms with Gasteiger partial charge in [-0.05, 0) is 49.9 Å². The molecule has 1 N–H and O–H groups in total. The van der Waals surface area contributed by atoms with Crippen molar-refractivity contribution in [3.05, 3.63) is 35.6 Å². The first-order valence-electron chi connectivity index (χ1n) is 6.90. The van der Waals surface area contributed by atoms with E-state index in [1.165, 1.54) is 18.9 Å². The second-order valence-corrected chi connectivity index (χ2v) is 4.89. The largest absolute Gasteiger partial charge is 0.378 e. The number of hydrogen-bond donors (Lipinski definition) is 1. The van der Waals surface area contributed by atoms with E-state index in [0.717, 1.165) is 31.6 Å². The van der Waals surface area contributed by atoms with Crippen LogP contribution < -0.4 is 5.32 Å². The standard InChI is InChI=1S/C15H22FNO/c1-2-15(12-5-3-6-13(16)11-12)17-9-8-14-7-4-10-18-14/h3,5-6,11,14-15,17H,2,4,7-10H2,1H3. The van der Waals surface area contributed by atoms with Gasteiger partial charge in [-0.15, -0.1) is 0 Å². The molecule has 1 heterocycles. The van der Waals surface area contributed by atoms with E-state index in [1.807, 2.05) is 6.07 Å². The van der Waals surface area contributed by atoms with Crippen LogP contribution in [0.2, 0.25) is 0 Å². The minimum atomic E-state index is -0.160. The fraction of sp³-hybridized carbons (Fsp3) is 0.600. The Morgan fingerprint density at radius 1 is 1.50 bits per heavy atom. The molecule has 0 saturated carbocycles. The van der Waals surface area contributed by atoms with Gasteiger partial charge in [-0.2, -0.15) is 0 Å². The lowest BCUT2D eigenvalue weighted by Gasteiger charge is -2.18. The number of rotatable bonds is 6. The van der Waals surface area contributed by atoms with Gasteiger partial charge in [0.05, 0.1) is 6.10 Å². The lowest BCUT2D eigenvalue weighted by molar-refractivity contribution is 0.103. The van der Waals surface area contributed by atoms with Crippen LogP contribution >= 0.6 is 0 Å². The highest BCUT2D eigenvalue weighted by Crippen LogP contribution is 2.19. The molecule has 1 saturated heterocycles.